The Morgan fingerprint density at radius 1 is 0.481 bits per heavy atom. The summed E-state index contributed by atoms with van der Waals surface area (Å²) in [5.41, 5.74) is 0.931. The minimum Gasteiger partial charge on any atom is -0.462 e. The number of rotatable bonds is 39. The molecule has 0 saturated carbocycles. The maximum absolute atomic E-state index is 12.8. The normalized spacial score (nSPS) is 12.2. The Morgan fingerprint density at radius 2 is 0.815 bits per heavy atom. The van der Waals surface area contributed by atoms with E-state index in [1.165, 1.54) is 166 Å². The van der Waals surface area contributed by atoms with Gasteiger partial charge >= 0.3 is 11.9 Å². The van der Waals surface area contributed by atoms with Crippen molar-refractivity contribution in [2.75, 3.05) is 13.2 Å². The van der Waals surface area contributed by atoms with Crippen molar-refractivity contribution in [2.24, 2.45) is 0 Å². The van der Waals surface area contributed by atoms with E-state index in [1.54, 1.807) is 12.1 Å². The molecule has 0 aliphatic carbocycles. The molecule has 0 radical (unpaired) electrons. The molecular weight excluding hydrogens is 697 g/mol. The van der Waals surface area contributed by atoms with E-state index in [-0.39, 0.29) is 23.9 Å². The molecule has 1 rings (SSSR count). The molecule has 1 aromatic rings. The third-order valence-corrected chi connectivity index (χ3v) is 11.7. The standard InChI is InChI=1S/C46H82O7S/c1-4-6-8-10-12-14-16-18-20-22-24-26-28-30-32-34-45(47)51-40-43(41-52-54(49,50)44-38-36-42(3)37-39-44)53-46(48)35-33-31-29-27-25-23-21-19-17-15-13-11-9-7-5-2/h36-39,43H,4-35,40-41H2,1-3H3. The lowest BCUT2D eigenvalue weighted by atomic mass is 10.0. The zero-order chi connectivity index (χ0) is 39.4. The van der Waals surface area contributed by atoms with Crippen molar-refractivity contribution in [3.63, 3.8) is 0 Å². The second-order valence-corrected chi connectivity index (χ2v) is 17.4. The second kappa shape index (κ2) is 35.5. The SMILES string of the molecule is CCCCCCCCCCCCCCCCCC(=O)OCC(COS(=O)(=O)c1ccc(C)cc1)OC(=O)CCCCCCCCCCCCCCCCC. The fourth-order valence-electron chi connectivity index (χ4n) is 6.84. The molecule has 1 atom stereocenters. The van der Waals surface area contributed by atoms with Gasteiger partial charge in [0.05, 0.1) is 4.90 Å². The predicted octanol–water partition coefficient (Wildman–Crippen LogP) is 13.7. The number of carbonyl (C=O) groups is 2. The Morgan fingerprint density at radius 3 is 1.19 bits per heavy atom. The van der Waals surface area contributed by atoms with Gasteiger partial charge in [0.15, 0.2) is 6.10 Å². The maximum Gasteiger partial charge on any atom is 0.306 e. The molecule has 0 bridgehead atoms. The van der Waals surface area contributed by atoms with E-state index in [9.17, 15) is 18.0 Å². The summed E-state index contributed by atoms with van der Waals surface area (Å²) in [7, 11) is -4.06. The molecule has 54 heavy (non-hydrogen) atoms. The summed E-state index contributed by atoms with van der Waals surface area (Å²) in [5, 5.41) is 0. The average molecular weight is 779 g/mol. The topological polar surface area (TPSA) is 96.0 Å². The molecule has 0 N–H and O–H groups in total. The van der Waals surface area contributed by atoms with E-state index >= 15 is 0 Å². The summed E-state index contributed by atoms with van der Waals surface area (Å²) in [6.07, 6.45) is 37.0. The van der Waals surface area contributed by atoms with Gasteiger partial charge in [-0.15, -0.1) is 0 Å². The largest absolute Gasteiger partial charge is 0.462 e. The highest BCUT2D eigenvalue weighted by Crippen LogP contribution is 2.18. The fraction of sp³-hybridized carbons (Fsp3) is 0.826. The van der Waals surface area contributed by atoms with Gasteiger partial charge in [0.1, 0.15) is 13.2 Å². The third kappa shape index (κ3) is 30.3. The zero-order valence-electron chi connectivity index (χ0n) is 35.2. The van der Waals surface area contributed by atoms with Crippen LogP contribution in [0.1, 0.15) is 225 Å². The van der Waals surface area contributed by atoms with Crippen LogP contribution < -0.4 is 0 Å². The van der Waals surface area contributed by atoms with Crippen LogP contribution in [0.2, 0.25) is 0 Å². The van der Waals surface area contributed by atoms with E-state index in [4.69, 9.17) is 13.7 Å². The predicted molar refractivity (Wildman–Crippen MR) is 224 cm³/mol. The molecule has 1 unspecified atom stereocenters. The van der Waals surface area contributed by atoms with Gasteiger partial charge in [-0.1, -0.05) is 211 Å². The van der Waals surface area contributed by atoms with Crippen LogP contribution in [-0.4, -0.2) is 39.7 Å². The summed E-state index contributed by atoms with van der Waals surface area (Å²) in [5.74, 6) is -0.793. The minimum atomic E-state index is -4.06. The van der Waals surface area contributed by atoms with E-state index in [1.807, 2.05) is 6.92 Å². The highest BCUT2D eigenvalue weighted by molar-refractivity contribution is 7.86. The van der Waals surface area contributed by atoms with Crippen molar-refractivity contribution in [3.8, 4) is 0 Å². The molecule has 0 heterocycles. The monoisotopic (exact) mass is 779 g/mol. The van der Waals surface area contributed by atoms with E-state index in [0.29, 0.717) is 12.8 Å². The van der Waals surface area contributed by atoms with Crippen molar-refractivity contribution >= 4 is 22.1 Å². The van der Waals surface area contributed by atoms with Gasteiger partial charge < -0.3 is 9.47 Å². The molecule has 314 valence electrons. The minimum absolute atomic E-state index is 0.0288. The highest BCUT2D eigenvalue weighted by atomic mass is 32.2. The van der Waals surface area contributed by atoms with Crippen LogP contribution in [0.25, 0.3) is 0 Å². The molecule has 1 aromatic carbocycles. The molecule has 0 fully saturated rings. The summed E-state index contributed by atoms with van der Waals surface area (Å²) >= 11 is 0. The smallest absolute Gasteiger partial charge is 0.306 e. The van der Waals surface area contributed by atoms with Gasteiger partial charge in [-0.2, -0.15) is 8.42 Å². The Kier molecular flexibility index (Phi) is 32.9. The van der Waals surface area contributed by atoms with Crippen LogP contribution in [0, 0.1) is 6.92 Å². The molecule has 0 aromatic heterocycles. The van der Waals surface area contributed by atoms with Gasteiger partial charge in [0.2, 0.25) is 0 Å². The lowest BCUT2D eigenvalue weighted by Crippen LogP contribution is -2.31. The summed E-state index contributed by atoms with van der Waals surface area (Å²) in [4.78, 5) is 25.3. The lowest BCUT2D eigenvalue weighted by Gasteiger charge is -2.18. The molecule has 0 spiro atoms. The van der Waals surface area contributed by atoms with Gasteiger partial charge in [-0.3, -0.25) is 13.8 Å². The lowest BCUT2D eigenvalue weighted by molar-refractivity contribution is -0.161. The van der Waals surface area contributed by atoms with Gasteiger partial charge in [-0.25, -0.2) is 0 Å². The van der Waals surface area contributed by atoms with Crippen molar-refractivity contribution < 1.29 is 31.7 Å². The highest BCUT2D eigenvalue weighted by Gasteiger charge is 2.23. The van der Waals surface area contributed by atoms with Gasteiger partial charge in [-0.05, 0) is 31.9 Å². The second-order valence-electron chi connectivity index (χ2n) is 15.7. The Hall–Kier alpha value is -1.93. The van der Waals surface area contributed by atoms with Crippen molar-refractivity contribution in [3.05, 3.63) is 29.8 Å². The zero-order valence-corrected chi connectivity index (χ0v) is 36.0. The summed E-state index contributed by atoms with van der Waals surface area (Å²) in [6, 6.07) is 6.37. The van der Waals surface area contributed by atoms with Crippen LogP contribution in [0.5, 0.6) is 0 Å². The number of aryl methyl sites for hydroxylation is 1. The molecule has 0 aliphatic heterocycles. The van der Waals surface area contributed by atoms with Crippen molar-refractivity contribution in [1.29, 1.82) is 0 Å². The first-order valence-electron chi connectivity index (χ1n) is 22.6. The van der Waals surface area contributed by atoms with Crippen LogP contribution in [0.4, 0.5) is 0 Å². The van der Waals surface area contributed by atoms with Crippen molar-refractivity contribution in [1.82, 2.24) is 0 Å². The number of unbranched alkanes of at least 4 members (excludes halogenated alkanes) is 28. The number of ether oxygens (including phenoxy) is 2. The number of hydrogen-bond acceptors (Lipinski definition) is 7. The molecule has 7 nitrogen and oxygen atoms in total. The number of benzene rings is 1. The third-order valence-electron chi connectivity index (χ3n) is 10.4. The Bertz CT molecular complexity index is 1120. The van der Waals surface area contributed by atoms with E-state index in [0.717, 1.165) is 37.7 Å². The number of hydrogen-bond donors (Lipinski definition) is 0. The van der Waals surface area contributed by atoms with E-state index < -0.39 is 28.8 Å². The summed E-state index contributed by atoms with van der Waals surface area (Å²) in [6.45, 7) is 5.76. The Labute approximate surface area is 333 Å². The van der Waals surface area contributed by atoms with E-state index in [2.05, 4.69) is 13.8 Å². The van der Waals surface area contributed by atoms with Crippen LogP contribution in [0.15, 0.2) is 29.2 Å². The first-order chi connectivity index (χ1) is 26.3. The first kappa shape index (κ1) is 50.1. The molecule has 8 heteroatoms. The molecule has 0 amide bonds. The molecule has 0 aliphatic rings. The molecular formula is C46H82O7S. The first-order valence-corrected chi connectivity index (χ1v) is 24.0. The van der Waals surface area contributed by atoms with Crippen LogP contribution in [-0.2, 0) is 33.4 Å². The molecule has 0 saturated heterocycles. The quantitative estimate of drug-likeness (QED) is 0.0373. The van der Waals surface area contributed by atoms with Crippen LogP contribution in [0.3, 0.4) is 0 Å². The van der Waals surface area contributed by atoms with Crippen LogP contribution >= 0.6 is 0 Å². The summed E-state index contributed by atoms with van der Waals surface area (Å²) < 4.78 is 41.9. The Balaban J connectivity index is 2.28. The van der Waals surface area contributed by atoms with Crippen molar-refractivity contribution in [2.45, 2.75) is 237 Å². The maximum atomic E-state index is 12.8. The van der Waals surface area contributed by atoms with Gasteiger partial charge in [0, 0.05) is 12.8 Å². The average Bonchev–Trinajstić information content (AvgIpc) is 3.16. The van der Waals surface area contributed by atoms with Gasteiger partial charge in [0.25, 0.3) is 10.1 Å². The number of carbonyl (C=O) groups excluding carboxylic acids is 2. The number of esters is 2. The fourth-order valence-corrected chi connectivity index (χ4v) is 7.78.